The van der Waals surface area contributed by atoms with Crippen LogP contribution in [0, 0.1) is 0 Å². The number of aromatic nitrogens is 3. The van der Waals surface area contributed by atoms with Gasteiger partial charge in [0.2, 0.25) is 0 Å². The number of hydrogen-bond donors (Lipinski definition) is 1. The lowest BCUT2D eigenvalue weighted by Gasteiger charge is -2.36. The smallest absolute Gasteiger partial charge is 0.193 e. The van der Waals surface area contributed by atoms with Crippen LogP contribution in [-0.4, -0.2) is 76.7 Å². The number of hydrogen-bond acceptors (Lipinski definition) is 4. The second-order valence-electron chi connectivity index (χ2n) is 7.37. The van der Waals surface area contributed by atoms with Crippen molar-refractivity contribution in [3.8, 4) is 0 Å². The van der Waals surface area contributed by atoms with E-state index in [4.69, 9.17) is 0 Å². The Hall–Kier alpha value is -3.19. The van der Waals surface area contributed by atoms with Crippen molar-refractivity contribution in [2.75, 3.05) is 46.3 Å². The van der Waals surface area contributed by atoms with E-state index >= 15 is 0 Å². The average molecular weight is 404 g/mol. The van der Waals surface area contributed by atoms with E-state index < -0.39 is 0 Å². The first-order chi connectivity index (χ1) is 14.8. The average Bonchev–Trinajstić information content (AvgIpc) is 3.21. The van der Waals surface area contributed by atoms with E-state index in [2.05, 4.69) is 66.7 Å². The number of guanidine groups is 1. The highest BCUT2D eigenvalue weighted by Crippen LogP contribution is 2.06. The highest BCUT2D eigenvalue weighted by atomic mass is 15.3. The Balaban J connectivity index is 1.21. The van der Waals surface area contributed by atoms with Crippen molar-refractivity contribution in [2.24, 2.45) is 4.99 Å². The minimum absolute atomic E-state index is 0.780. The number of piperazine rings is 1. The molecular weight excluding hydrogens is 374 g/mol. The van der Waals surface area contributed by atoms with Gasteiger partial charge in [0.1, 0.15) is 5.82 Å². The molecule has 1 aliphatic heterocycles. The van der Waals surface area contributed by atoms with Crippen LogP contribution in [0.4, 0.5) is 0 Å². The maximum Gasteiger partial charge on any atom is 0.193 e. The molecule has 0 unspecified atom stereocenters. The molecule has 7 heteroatoms. The Kier molecular flexibility index (Phi) is 6.72. The van der Waals surface area contributed by atoms with Gasteiger partial charge >= 0.3 is 0 Å². The topological polar surface area (TPSA) is 61.1 Å². The van der Waals surface area contributed by atoms with E-state index in [0.29, 0.717) is 0 Å². The molecule has 1 aliphatic rings. The molecule has 1 aromatic carbocycles. The zero-order valence-electron chi connectivity index (χ0n) is 17.5. The number of aliphatic imine (C=N–C) groups is 1. The Bertz CT molecular complexity index is 985. The molecule has 2 aromatic heterocycles. The Morgan fingerprint density at radius 3 is 2.63 bits per heavy atom. The van der Waals surface area contributed by atoms with E-state index in [0.717, 1.165) is 63.1 Å². The van der Waals surface area contributed by atoms with Crippen LogP contribution < -0.4 is 5.32 Å². The Morgan fingerprint density at radius 2 is 1.83 bits per heavy atom. The lowest BCUT2D eigenvalue weighted by molar-refractivity contribution is 0.194. The molecule has 1 N–H and O–H groups in total. The quantitative estimate of drug-likeness (QED) is 0.505. The van der Waals surface area contributed by atoms with Crippen molar-refractivity contribution >= 4 is 17.7 Å². The molecule has 1 saturated heterocycles. The third kappa shape index (κ3) is 5.04. The molecule has 0 bridgehead atoms. The normalized spacial score (nSPS) is 15.9. The van der Waals surface area contributed by atoms with Crippen molar-refractivity contribution in [3.05, 3.63) is 72.2 Å². The van der Waals surface area contributed by atoms with Crippen LogP contribution in [0.3, 0.4) is 0 Å². The standard InChI is InChI=1S/C23H29N7/c1-24-23(25-13-12-22-27-26-21-11-5-6-15-30(21)22)29-18-16-28(17-19-29)14-7-10-20-8-3-2-4-9-20/h2-11,15H,12-14,16-19H2,1H3,(H,24,25)/b10-7+. The summed E-state index contributed by atoms with van der Waals surface area (Å²) in [5, 5.41) is 12.0. The predicted molar refractivity (Wildman–Crippen MR) is 122 cm³/mol. The molecule has 4 rings (SSSR count). The van der Waals surface area contributed by atoms with Gasteiger partial charge in [-0.1, -0.05) is 48.6 Å². The molecule has 1 fully saturated rings. The van der Waals surface area contributed by atoms with E-state index in [-0.39, 0.29) is 0 Å². The fraction of sp³-hybridized carbons (Fsp3) is 0.348. The van der Waals surface area contributed by atoms with Crippen LogP contribution in [0.1, 0.15) is 11.4 Å². The van der Waals surface area contributed by atoms with Gasteiger partial charge < -0.3 is 10.2 Å². The molecule has 0 saturated carbocycles. The number of rotatable bonds is 6. The maximum atomic E-state index is 4.48. The van der Waals surface area contributed by atoms with Gasteiger partial charge in [-0.15, -0.1) is 10.2 Å². The summed E-state index contributed by atoms with van der Waals surface area (Å²) in [7, 11) is 1.85. The highest BCUT2D eigenvalue weighted by Gasteiger charge is 2.18. The summed E-state index contributed by atoms with van der Waals surface area (Å²) in [6, 6.07) is 16.4. The van der Waals surface area contributed by atoms with E-state index in [1.54, 1.807) is 0 Å². The third-order valence-corrected chi connectivity index (χ3v) is 5.37. The number of pyridine rings is 1. The zero-order valence-corrected chi connectivity index (χ0v) is 17.5. The summed E-state index contributed by atoms with van der Waals surface area (Å²) in [5.41, 5.74) is 2.13. The maximum absolute atomic E-state index is 4.48. The van der Waals surface area contributed by atoms with Gasteiger partial charge in [-0.25, -0.2) is 0 Å². The summed E-state index contributed by atoms with van der Waals surface area (Å²) in [6.07, 6.45) is 7.25. The summed E-state index contributed by atoms with van der Waals surface area (Å²) in [4.78, 5) is 9.29. The van der Waals surface area contributed by atoms with Crippen LogP contribution >= 0.6 is 0 Å². The van der Waals surface area contributed by atoms with Gasteiger partial charge in [0, 0.05) is 58.9 Å². The van der Waals surface area contributed by atoms with Crippen LogP contribution in [-0.2, 0) is 6.42 Å². The molecule has 0 spiro atoms. The lowest BCUT2D eigenvalue weighted by Crippen LogP contribution is -2.52. The minimum Gasteiger partial charge on any atom is -0.356 e. The van der Waals surface area contributed by atoms with Gasteiger partial charge in [0.05, 0.1) is 0 Å². The molecule has 0 atom stereocenters. The van der Waals surface area contributed by atoms with Crippen molar-refractivity contribution in [2.45, 2.75) is 6.42 Å². The van der Waals surface area contributed by atoms with Crippen molar-refractivity contribution in [3.63, 3.8) is 0 Å². The zero-order chi connectivity index (χ0) is 20.6. The highest BCUT2D eigenvalue weighted by molar-refractivity contribution is 5.80. The fourth-order valence-corrected chi connectivity index (χ4v) is 3.72. The van der Waals surface area contributed by atoms with E-state index in [9.17, 15) is 0 Å². The molecular formula is C23H29N7. The Labute approximate surface area is 177 Å². The van der Waals surface area contributed by atoms with E-state index in [1.165, 1.54) is 5.56 Å². The SMILES string of the molecule is CN=C(NCCc1nnc2ccccn12)N1CCN(C/C=C/c2ccccc2)CC1. The number of fused-ring (bicyclic) bond motifs is 1. The van der Waals surface area contributed by atoms with Crippen molar-refractivity contribution in [1.82, 2.24) is 29.7 Å². The van der Waals surface area contributed by atoms with Crippen LogP contribution in [0.25, 0.3) is 11.7 Å². The fourth-order valence-electron chi connectivity index (χ4n) is 3.72. The first-order valence-electron chi connectivity index (χ1n) is 10.5. The largest absolute Gasteiger partial charge is 0.356 e. The van der Waals surface area contributed by atoms with Gasteiger partial charge in [-0.3, -0.25) is 14.3 Å². The first-order valence-corrected chi connectivity index (χ1v) is 10.5. The van der Waals surface area contributed by atoms with Crippen LogP contribution in [0.2, 0.25) is 0 Å². The molecule has 156 valence electrons. The molecule has 30 heavy (non-hydrogen) atoms. The second kappa shape index (κ2) is 10.0. The monoisotopic (exact) mass is 403 g/mol. The minimum atomic E-state index is 0.780. The van der Waals surface area contributed by atoms with Crippen LogP contribution in [0.5, 0.6) is 0 Å². The second-order valence-corrected chi connectivity index (χ2v) is 7.37. The number of nitrogens with one attached hydrogen (secondary N) is 1. The first kappa shape index (κ1) is 20.1. The van der Waals surface area contributed by atoms with Gasteiger partial charge in [0.25, 0.3) is 0 Å². The van der Waals surface area contributed by atoms with Gasteiger partial charge in [0.15, 0.2) is 11.6 Å². The third-order valence-electron chi connectivity index (χ3n) is 5.37. The van der Waals surface area contributed by atoms with Crippen molar-refractivity contribution in [1.29, 1.82) is 0 Å². The molecule has 0 radical (unpaired) electrons. The number of nitrogens with zero attached hydrogens (tertiary/aromatic N) is 6. The summed E-state index contributed by atoms with van der Waals surface area (Å²) < 4.78 is 2.03. The van der Waals surface area contributed by atoms with Gasteiger partial charge in [-0.2, -0.15) is 0 Å². The van der Waals surface area contributed by atoms with E-state index in [1.807, 2.05) is 41.9 Å². The summed E-state index contributed by atoms with van der Waals surface area (Å²) in [5.74, 6) is 1.92. The predicted octanol–water partition coefficient (Wildman–Crippen LogP) is 2.18. The summed E-state index contributed by atoms with van der Waals surface area (Å²) >= 11 is 0. The molecule has 3 aromatic rings. The summed E-state index contributed by atoms with van der Waals surface area (Å²) in [6.45, 7) is 5.79. The van der Waals surface area contributed by atoms with Gasteiger partial charge in [-0.05, 0) is 17.7 Å². The molecule has 3 heterocycles. The molecule has 7 nitrogen and oxygen atoms in total. The Morgan fingerprint density at radius 1 is 1.03 bits per heavy atom. The molecule has 0 amide bonds. The lowest BCUT2D eigenvalue weighted by atomic mass is 10.2. The molecule has 0 aliphatic carbocycles. The number of benzene rings is 1. The van der Waals surface area contributed by atoms with Crippen LogP contribution in [0.15, 0.2) is 65.8 Å². The van der Waals surface area contributed by atoms with Crippen molar-refractivity contribution < 1.29 is 0 Å².